The van der Waals surface area contributed by atoms with Crippen molar-refractivity contribution in [3.63, 3.8) is 0 Å². The molecule has 1 saturated carbocycles. The van der Waals surface area contributed by atoms with Gasteiger partial charge in [-0.2, -0.15) is 0 Å². The zero-order valence-electron chi connectivity index (χ0n) is 15.7. The maximum absolute atomic E-state index is 12.7. The minimum absolute atomic E-state index is 0.00536. The van der Waals surface area contributed by atoms with Gasteiger partial charge < -0.3 is 15.0 Å². The average Bonchev–Trinajstić information content (AvgIpc) is 2.98. The molecule has 0 aromatic carbocycles. The lowest BCUT2D eigenvalue weighted by molar-refractivity contribution is -0.146. The van der Waals surface area contributed by atoms with Gasteiger partial charge in [0, 0.05) is 27.3 Å². The van der Waals surface area contributed by atoms with Crippen LogP contribution < -0.4 is 5.32 Å². The van der Waals surface area contributed by atoms with Crippen LogP contribution in [-0.2, 0) is 21.9 Å². The van der Waals surface area contributed by atoms with E-state index < -0.39 is 27.4 Å². The van der Waals surface area contributed by atoms with E-state index in [9.17, 15) is 23.1 Å². The van der Waals surface area contributed by atoms with Crippen LogP contribution in [-0.4, -0.2) is 53.9 Å². The van der Waals surface area contributed by atoms with Gasteiger partial charge in [0.1, 0.15) is 16.1 Å². The predicted octanol–water partition coefficient (Wildman–Crippen LogP) is 1.43. The molecule has 0 spiro atoms. The third-order valence-electron chi connectivity index (χ3n) is 5.29. The summed E-state index contributed by atoms with van der Waals surface area (Å²) in [5.74, 6) is -1.15. The fourth-order valence-electron chi connectivity index (χ4n) is 3.36. The molecule has 0 aliphatic heterocycles. The van der Waals surface area contributed by atoms with E-state index in [1.54, 1.807) is 7.05 Å². The smallest absolute Gasteiger partial charge is 0.329 e. The highest BCUT2D eigenvalue weighted by molar-refractivity contribution is 7.89. The number of aliphatic carboxylic acids is 1. The number of aryl methyl sites for hydroxylation is 1. The zero-order valence-corrected chi connectivity index (χ0v) is 16.5. The Morgan fingerprint density at radius 3 is 2.38 bits per heavy atom. The van der Waals surface area contributed by atoms with Crippen molar-refractivity contribution in [2.75, 3.05) is 14.1 Å². The quantitative estimate of drug-likeness (QED) is 0.770. The normalized spacial score (nSPS) is 23.8. The highest BCUT2D eigenvalue weighted by atomic mass is 32.2. The Bertz CT molecular complexity index is 789. The van der Waals surface area contributed by atoms with Crippen molar-refractivity contribution in [1.29, 1.82) is 0 Å². The van der Waals surface area contributed by atoms with Crippen molar-refractivity contribution in [2.45, 2.75) is 49.5 Å². The van der Waals surface area contributed by atoms with Gasteiger partial charge in [0.25, 0.3) is 5.91 Å². The second-order valence-corrected chi connectivity index (χ2v) is 9.30. The van der Waals surface area contributed by atoms with Crippen molar-refractivity contribution in [3.05, 3.63) is 18.0 Å². The molecule has 1 aliphatic rings. The third kappa shape index (κ3) is 3.78. The number of carbonyl (C=O) groups is 2. The van der Waals surface area contributed by atoms with Crippen LogP contribution in [0.25, 0.3) is 0 Å². The van der Waals surface area contributed by atoms with Crippen molar-refractivity contribution in [1.82, 2.24) is 14.2 Å². The van der Waals surface area contributed by atoms with Crippen LogP contribution in [0.5, 0.6) is 0 Å². The van der Waals surface area contributed by atoms with Gasteiger partial charge in [0.15, 0.2) is 0 Å². The van der Waals surface area contributed by atoms with E-state index in [4.69, 9.17) is 0 Å². The summed E-state index contributed by atoms with van der Waals surface area (Å²) in [5, 5.41) is 12.4. The molecule has 0 bridgehead atoms. The van der Waals surface area contributed by atoms with Crippen molar-refractivity contribution < 1.29 is 23.1 Å². The molecule has 0 unspecified atom stereocenters. The molecular formula is C17H27N3O5S. The number of carbonyl (C=O) groups excluding carboxylic acids is 1. The Hall–Kier alpha value is -1.87. The summed E-state index contributed by atoms with van der Waals surface area (Å²) in [5.41, 5.74) is -1.18. The summed E-state index contributed by atoms with van der Waals surface area (Å²) in [4.78, 5) is 24.5. The Labute approximate surface area is 154 Å². The number of carboxylic acids is 1. The first-order valence-electron chi connectivity index (χ1n) is 8.68. The van der Waals surface area contributed by atoms with Gasteiger partial charge in [-0.05, 0) is 37.7 Å². The molecular weight excluding hydrogens is 358 g/mol. The molecule has 2 N–H and O–H groups in total. The monoisotopic (exact) mass is 385 g/mol. The highest BCUT2D eigenvalue weighted by Gasteiger charge is 2.43. The Balaban J connectivity index is 2.26. The second kappa shape index (κ2) is 7.40. The van der Waals surface area contributed by atoms with Crippen LogP contribution in [0.3, 0.4) is 0 Å². The number of sulfonamides is 1. The molecule has 0 atom stereocenters. The molecule has 0 saturated heterocycles. The number of nitrogens with zero attached hydrogens (tertiary/aromatic N) is 2. The van der Waals surface area contributed by atoms with Crippen LogP contribution in [0.2, 0.25) is 0 Å². The summed E-state index contributed by atoms with van der Waals surface area (Å²) in [6, 6.07) is 1.28. The minimum Gasteiger partial charge on any atom is -0.480 e. The lowest BCUT2D eigenvalue weighted by Gasteiger charge is -2.37. The Morgan fingerprint density at radius 2 is 1.92 bits per heavy atom. The summed E-state index contributed by atoms with van der Waals surface area (Å²) >= 11 is 0. The second-order valence-electron chi connectivity index (χ2n) is 7.15. The van der Waals surface area contributed by atoms with E-state index in [0.717, 1.165) is 23.6 Å². The number of hydrogen-bond donors (Lipinski definition) is 2. The van der Waals surface area contributed by atoms with Gasteiger partial charge in [-0.3, -0.25) is 4.79 Å². The van der Waals surface area contributed by atoms with Crippen LogP contribution in [0, 0.1) is 5.92 Å². The SMILES string of the molecule is CCC1CCC(NC(=O)c2cc(S(=O)(=O)N(C)C)cn2C)(C(=O)O)CC1. The standard InChI is InChI=1S/C17H27N3O5S/c1-5-12-6-8-17(9-7-12,16(22)23)18-15(21)14-10-13(11-20(14)4)26(24,25)19(2)3/h10-12H,5-9H2,1-4H3,(H,18,21)(H,22,23). The number of amides is 1. The number of nitrogens with one attached hydrogen (secondary N) is 1. The van der Waals surface area contributed by atoms with Crippen molar-refractivity contribution in [2.24, 2.45) is 13.0 Å². The van der Waals surface area contributed by atoms with Gasteiger partial charge in [-0.25, -0.2) is 17.5 Å². The van der Waals surface area contributed by atoms with E-state index in [0.29, 0.717) is 18.8 Å². The fourth-order valence-corrected chi connectivity index (χ4v) is 4.34. The van der Waals surface area contributed by atoms with Crippen molar-refractivity contribution in [3.8, 4) is 0 Å². The van der Waals surface area contributed by atoms with Gasteiger partial charge in [0.2, 0.25) is 10.0 Å². The van der Waals surface area contributed by atoms with E-state index in [-0.39, 0.29) is 10.6 Å². The maximum atomic E-state index is 12.7. The molecule has 1 fully saturated rings. The molecule has 1 aliphatic carbocycles. The van der Waals surface area contributed by atoms with Crippen LogP contribution in [0.4, 0.5) is 0 Å². The molecule has 1 aromatic rings. The Morgan fingerprint density at radius 1 is 1.35 bits per heavy atom. The Kier molecular flexibility index (Phi) is 5.82. The molecule has 8 nitrogen and oxygen atoms in total. The molecule has 9 heteroatoms. The summed E-state index contributed by atoms with van der Waals surface area (Å²) < 4.78 is 26.9. The highest BCUT2D eigenvalue weighted by Crippen LogP contribution is 2.34. The first kappa shape index (κ1) is 20.4. The van der Waals surface area contributed by atoms with Gasteiger partial charge in [-0.1, -0.05) is 13.3 Å². The maximum Gasteiger partial charge on any atom is 0.329 e. The van der Waals surface area contributed by atoms with Crippen LogP contribution >= 0.6 is 0 Å². The molecule has 26 heavy (non-hydrogen) atoms. The molecule has 0 radical (unpaired) electrons. The predicted molar refractivity (Wildman–Crippen MR) is 96.4 cm³/mol. The van der Waals surface area contributed by atoms with E-state index in [1.165, 1.54) is 30.9 Å². The average molecular weight is 385 g/mol. The van der Waals surface area contributed by atoms with Gasteiger partial charge >= 0.3 is 5.97 Å². The molecule has 1 amide bonds. The molecule has 146 valence electrons. The summed E-state index contributed by atoms with van der Waals surface area (Å²) in [6.45, 7) is 2.08. The molecule has 1 aromatic heterocycles. The largest absolute Gasteiger partial charge is 0.480 e. The number of rotatable bonds is 6. The summed E-state index contributed by atoms with van der Waals surface area (Å²) in [7, 11) is 0.710. The van der Waals surface area contributed by atoms with E-state index in [1.807, 2.05) is 0 Å². The fraction of sp³-hybridized carbons (Fsp3) is 0.647. The molecule has 2 rings (SSSR count). The third-order valence-corrected chi connectivity index (χ3v) is 7.07. The molecule has 1 heterocycles. The minimum atomic E-state index is -3.67. The number of aromatic nitrogens is 1. The topological polar surface area (TPSA) is 109 Å². The first-order valence-corrected chi connectivity index (χ1v) is 10.1. The van der Waals surface area contributed by atoms with Crippen LogP contribution in [0.1, 0.15) is 49.5 Å². The summed E-state index contributed by atoms with van der Waals surface area (Å²) in [6.07, 6.45) is 4.59. The lowest BCUT2D eigenvalue weighted by atomic mass is 9.75. The van der Waals surface area contributed by atoms with Crippen molar-refractivity contribution >= 4 is 21.9 Å². The lowest BCUT2D eigenvalue weighted by Crippen LogP contribution is -2.56. The first-order chi connectivity index (χ1) is 12.0. The number of hydrogen-bond acceptors (Lipinski definition) is 4. The van der Waals surface area contributed by atoms with Gasteiger partial charge in [-0.15, -0.1) is 0 Å². The van der Waals surface area contributed by atoms with Crippen LogP contribution in [0.15, 0.2) is 17.2 Å². The van der Waals surface area contributed by atoms with Gasteiger partial charge in [0.05, 0.1) is 0 Å². The zero-order chi connectivity index (χ0) is 19.7. The number of carboxylic acid groups (broad SMARTS) is 1. The van der Waals surface area contributed by atoms with E-state index in [2.05, 4.69) is 12.2 Å². The van der Waals surface area contributed by atoms with E-state index >= 15 is 0 Å².